The summed E-state index contributed by atoms with van der Waals surface area (Å²) in [6, 6.07) is 1.66. The zero-order valence-electron chi connectivity index (χ0n) is 11.5. The topological polar surface area (TPSA) is 107 Å². The first-order valence-electron chi connectivity index (χ1n) is 6.29. The van der Waals surface area contributed by atoms with Crippen molar-refractivity contribution in [1.29, 1.82) is 0 Å². The van der Waals surface area contributed by atoms with Crippen LogP contribution in [0.3, 0.4) is 0 Å². The zero-order valence-corrected chi connectivity index (χ0v) is 12.3. The second-order valence-corrected chi connectivity index (χ2v) is 5.77. The maximum atomic E-state index is 12.0. The van der Waals surface area contributed by atoms with Gasteiger partial charge in [0.15, 0.2) is 5.16 Å². The molecule has 0 saturated heterocycles. The highest BCUT2D eigenvalue weighted by Gasteiger charge is 2.17. The Morgan fingerprint density at radius 3 is 2.47 bits per heavy atom. The summed E-state index contributed by atoms with van der Waals surface area (Å²) in [6.07, 6.45) is 2.00. The van der Waals surface area contributed by atoms with E-state index in [1.807, 2.05) is 6.92 Å². The molecule has 0 aliphatic carbocycles. The predicted molar refractivity (Wildman–Crippen MR) is 78.7 cm³/mol. The number of carbonyl (C=O) groups is 1. The van der Waals surface area contributed by atoms with Gasteiger partial charge in [-0.3, -0.25) is 4.79 Å². The van der Waals surface area contributed by atoms with Crippen LogP contribution in [0.1, 0.15) is 33.6 Å². The minimum Gasteiger partial charge on any atom is -0.383 e. The van der Waals surface area contributed by atoms with Gasteiger partial charge < -0.3 is 16.8 Å². The first-order chi connectivity index (χ1) is 8.92. The van der Waals surface area contributed by atoms with Crippen LogP contribution in [0.5, 0.6) is 0 Å². The largest absolute Gasteiger partial charge is 0.383 e. The van der Waals surface area contributed by atoms with Crippen LogP contribution in [0, 0.1) is 0 Å². The van der Waals surface area contributed by atoms with Gasteiger partial charge in [0.05, 0.1) is 5.25 Å². The molecule has 7 heteroatoms. The molecule has 2 unspecified atom stereocenters. The van der Waals surface area contributed by atoms with Crippen LogP contribution >= 0.6 is 11.8 Å². The average molecular weight is 283 g/mol. The number of thioether (sulfide) groups is 1. The van der Waals surface area contributed by atoms with E-state index < -0.39 is 0 Å². The quantitative estimate of drug-likeness (QED) is 0.538. The van der Waals surface area contributed by atoms with E-state index in [2.05, 4.69) is 22.2 Å². The van der Waals surface area contributed by atoms with E-state index >= 15 is 0 Å². The van der Waals surface area contributed by atoms with Crippen molar-refractivity contribution < 1.29 is 4.79 Å². The molecular formula is C12H21N5OS. The Morgan fingerprint density at radius 1 is 1.37 bits per heavy atom. The molecule has 0 fully saturated rings. The fourth-order valence-electron chi connectivity index (χ4n) is 1.59. The third-order valence-electron chi connectivity index (χ3n) is 2.51. The molecule has 2 atom stereocenters. The summed E-state index contributed by atoms with van der Waals surface area (Å²) in [4.78, 5) is 20.0. The third-order valence-corrected chi connectivity index (χ3v) is 3.47. The highest BCUT2D eigenvalue weighted by molar-refractivity contribution is 8.00. The van der Waals surface area contributed by atoms with Crippen molar-refractivity contribution in [2.24, 2.45) is 0 Å². The molecule has 1 amide bonds. The number of aromatic nitrogens is 2. The van der Waals surface area contributed by atoms with Crippen molar-refractivity contribution in [3.8, 4) is 0 Å². The van der Waals surface area contributed by atoms with Crippen LogP contribution in [0.25, 0.3) is 0 Å². The Hall–Kier alpha value is -1.50. The first kappa shape index (κ1) is 15.6. The number of nitrogens with one attached hydrogen (secondary N) is 1. The molecule has 0 bridgehead atoms. The van der Waals surface area contributed by atoms with Gasteiger partial charge in [-0.2, -0.15) is 0 Å². The molecular weight excluding hydrogens is 262 g/mol. The molecule has 106 valence electrons. The summed E-state index contributed by atoms with van der Waals surface area (Å²) in [6.45, 7) is 5.89. The molecule has 1 heterocycles. The Labute approximate surface area is 117 Å². The van der Waals surface area contributed by atoms with Gasteiger partial charge >= 0.3 is 0 Å². The third kappa shape index (κ3) is 5.34. The van der Waals surface area contributed by atoms with Crippen LogP contribution in [0.15, 0.2) is 11.2 Å². The lowest BCUT2D eigenvalue weighted by molar-refractivity contribution is -0.120. The molecule has 1 rings (SSSR count). The average Bonchev–Trinajstić information content (AvgIpc) is 2.27. The molecule has 0 spiro atoms. The van der Waals surface area contributed by atoms with Gasteiger partial charge in [-0.1, -0.05) is 25.1 Å². The molecule has 0 saturated carbocycles. The van der Waals surface area contributed by atoms with Gasteiger partial charge in [0.25, 0.3) is 0 Å². The van der Waals surface area contributed by atoms with Crippen LogP contribution in [0.2, 0.25) is 0 Å². The Morgan fingerprint density at radius 2 is 1.95 bits per heavy atom. The fraction of sp³-hybridized carbons (Fsp3) is 0.583. The highest BCUT2D eigenvalue weighted by Crippen LogP contribution is 2.21. The highest BCUT2D eigenvalue weighted by atomic mass is 32.2. The van der Waals surface area contributed by atoms with Crippen molar-refractivity contribution in [2.45, 2.75) is 50.1 Å². The van der Waals surface area contributed by atoms with Crippen LogP contribution < -0.4 is 16.8 Å². The molecule has 0 aliphatic heterocycles. The molecule has 1 aromatic heterocycles. The van der Waals surface area contributed by atoms with E-state index in [4.69, 9.17) is 11.5 Å². The van der Waals surface area contributed by atoms with E-state index in [-0.39, 0.29) is 17.2 Å². The standard InChI is InChI=1S/C12H21N5OS/c1-4-5-7(2)15-11(18)8(3)19-12-16-9(13)6-10(14)17-12/h6-8H,4-5H2,1-3H3,(H,15,18)(H4,13,14,16,17). The molecule has 0 aliphatic rings. The van der Waals surface area contributed by atoms with Crippen molar-refractivity contribution in [3.05, 3.63) is 6.07 Å². The number of anilines is 2. The minimum atomic E-state index is -0.291. The first-order valence-corrected chi connectivity index (χ1v) is 7.17. The number of hydrogen-bond donors (Lipinski definition) is 3. The number of nitrogens with two attached hydrogens (primary N) is 2. The fourth-order valence-corrected chi connectivity index (χ4v) is 2.40. The number of amides is 1. The van der Waals surface area contributed by atoms with E-state index in [1.54, 1.807) is 6.92 Å². The number of nitrogens with zero attached hydrogens (tertiary/aromatic N) is 2. The van der Waals surface area contributed by atoms with Crippen LogP contribution in [0.4, 0.5) is 11.6 Å². The molecule has 0 aromatic carbocycles. The lowest BCUT2D eigenvalue weighted by Gasteiger charge is -2.16. The van der Waals surface area contributed by atoms with E-state index in [9.17, 15) is 4.79 Å². The number of nitrogen functional groups attached to an aromatic ring is 2. The number of carbonyl (C=O) groups excluding carboxylic acids is 1. The summed E-state index contributed by atoms with van der Waals surface area (Å²) >= 11 is 1.25. The van der Waals surface area contributed by atoms with Gasteiger partial charge in [0.2, 0.25) is 5.91 Å². The Kier molecular flexibility index (Phi) is 5.88. The van der Waals surface area contributed by atoms with Gasteiger partial charge in [-0.15, -0.1) is 0 Å². The molecule has 19 heavy (non-hydrogen) atoms. The summed E-state index contributed by atoms with van der Waals surface area (Å²) in [5.41, 5.74) is 11.2. The maximum absolute atomic E-state index is 12.0. The van der Waals surface area contributed by atoms with E-state index in [1.165, 1.54) is 17.8 Å². The van der Waals surface area contributed by atoms with Crippen molar-refractivity contribution >= 4 is 29.3 Å². The number of rotatable bonds is 6. The lowest BCUT2D eigenvalue weighted by Crippen LogP contribution is -2.37. The normalized spacial score (nSPS) is 13.8. The summed E-state index contributed by atoms with van der Waals surface area (Å²) < 4.78 is 0. The lowest BCUT2D eigenvalue weighted by atomic mass is 10.2. The van der Waals surface area contributed by atoms with Crippen molar-refractivity contribution in [3.63, 3.8) is 0 Å². The van der Waals surface area contributed by atoms with Gasteiger partial charge in [-0.05, 0) is 20.3 Å². The molecule has 6 nitrogen and oxygen atoms in total. The van der Waals surface area contributed by atoms with Crippen molar-refractivity contribution in [2.75, 3.05) is 11.5 Å². The van der Waals surface area contributed by atoms with E-state index in [0.717, 1.165) is 12.8 Å². The Balaban J connectivity index is 2.58. The van der Waals surface area contributed by atoms with Crippen LogP contribution in [-0.4, -0.2) is 27.2 Å². The number of hydrogen-bond acceptors (Lipinski definition) is 6. The molecule has 5 N–H and O–H groups in total. The molecule has 0 radical (unpaired) electrons. The van der Waals surface area contributed by atoms with Gasteiger partial charge in [0.1, 0.15) is 11.6 Å². The summed E-state index contributed by atoms with van der Waals surface area (Å²) in [5.74, 6) is 0.583. The van der Waals surface area contributed by atoms with Crippen molar-refractivity contribution in [1.82, 2.24) is 15.3 Å². The second-order valence-electron chi connectivity index (χ2n) is 4.46. The minimum absolute atomic E-state index is 0.0319. The van der Waals surface area contributed by atoms with Crippen LogP contribution in [-0.2, 0) is 4.79 Å². The smallest absolute Gasteiger partial charge is 0.233 e. The van der Waals surface area contributed by atoms with Gasteiger partial charge in [0, 0.05) is 12.1 Å². The van der Waals surface area contributed by atoms with Gasteiger partial charge in [-0.25, -0.2) is 9.97 Å². The Bertz CT molecular complexity index is 420. The van der Waals surface area contributed by atoms with E-state index in [0.29, 0.717) is 16.8 Å². The predicted octanol–water partition coefficient (Wildman–Crippen LogP) is 1.43. The molecule has 1 aromatic rings. The summed E-state index contributed by atoms with van der Waals surface area (Å²) in [7, 11) is 0. The SMILES string of the molecule is CCCC(C)NC(=O)C(C)Sc1nc(N)cc(N)n1. The zero-order chi connectivity index (χ0) is 14.4. The summed E-state index contributed by atoms with van der Waals surface area (Å²) in [5, 5.41) is 3.08. The monoisotopic (exact) mass is 283 g/mol. The maximum Gasteiger partial charge on any atom is 0.233 e. The second kappa shape index (κ2) is 7.18.